The quantitative estimate of drug-likeness (QED) is 0.599. The number of amides is 1. The van der Waals surface area contributed by atoms with Crippen LogP contribution in [0.1, 0.15) is 55.3 Å². The van der Waals surface area contributed by atoms with E-state index in [4.69, 9.17) is 21.7 Å². The maximum Gasteiger partial charge on any atom is 0.220 e. The summed E-state index contributed by atoms with van der Waals surface area (Å²) in [5.41, 5.74) is 6.23. The molecular weight excluding hydrogens is 396 g/mol. The van der Waals surface area contributed by atoms with Gasteiger partial charge in [-0.25, -0.2) is 9.67 Å². The van der Waals surface area contributed by atoms with Gasteiger partial charge >= 0.3 is 0 Å². The minimum Gasteiger partial charge on any atom is -0.356 e. The van der Waals surface area contributed by atoms with Gasteiger partial charge in [-0.1, -0.05) is 23.7 Å². The number of carbonyl (C=O) groups is 1. The molecule has 0 aliphatic heterocycles. The number of hydrogen-bond acceptors (Lipinski definition) is 3. The highest BCUT2D eigenvalue weighted by Crippen LogP contribution is 2.29. The Labute approximate surface area is 183 Å². The van der Waals surface area contributed by atoms with Gasteiger partial charge in [0, 0.05) is 29.1 Å². The van der Waals surface area contributed by atoms with Gasteiger partial charge in [-0.15, -0.1) is 0 Å². The standard InChI is InChI=1S/C24H31ClN4O/c1-15-20(11-12-21(30)26-14-13-18-7-9-19(25)10-8-18)16(2)27-23-22(15)17(3)28-29(23)24(4,5)6/h7-10H,11-14H2,1-6H3,(H,26,30). The number of nitrogens with one attached hydrogen (secondary N) is 1. The molecule has 2 aromatic heterocycles. The van der Waals surface area contributed by atoms with Crippen LogP contribution in [0.4, 0.5) is 0 Å². The Morgan fingerprint density at radius 1 is 1.07 bits per heavy atom. The minimum absolute atomic E-state index is 0.0602. The Morgan fingerprint density at radius 3 is 2.37 bits per heavy atom. The number of rotatable bonds is 6. The maximum absolute atomic E-state index is 12.4. The molecule has 1 N–H and O–H groups in total. The van der Waals surface area contributed by atoms with E-state index < -0.39 is 0 Å². The molecule has 1 aromatic carbocycles. The molecular formula is C24H31ClN4O. The molecule has 5 nitrogen and oxygen atoms in total. The van der Waals surface area contributed by atoms with Crippen molar-refractivity contribution in [1.82, 2.24) is 20.1 Å². The summed E-state index contributed by atoms with van der Waals surface area (Å²) in [6, 6.07) is 7.72. The van der Waals surface area contributed by atoms with Gasteiger partial charge in [-0.3, -0.25) is 4.79 Å². The first kappa shape index (κ1) is 22.3. The van der Waals surface area contributed by atoms with Gasteiger partial charge in [0.05, 0.1) is 11.2 Å². The molecule has 3 aromatic rings. The fraction of sp³-hybridized carbons (Fsp3) is 0.458. The number of aromatic nitrogens is 3. The molecule has 2 heterocycles. The molecule has 0 fully saturated rings. The van der Waals surface area contributed by atoms with E-state index in [0.29, 0.717) is 19.4 Å². The van der Waals surface area contributed by atoms with Gasteiger partial charge in [0.1, 0.15) is 0 Å². The molecule has 6 heteroatoms. The van der Waals surface area contributed by atoms with Gasteiger partial charge in [0.25, 0.3) is 0 Å². The molecule has 1 amide bonds. The van der Waals surface area contributed by atoms with Gasteiger partial charge < -0.3 is 5.32 Å². The topological polar surface area (TPSA) is 59.8 Å². The summed E-state index contributed by atoms with van der Waals surface area (Å²) in [6.07, 6.45) is 1.91. The van der Waals surface area contributed by atoms with E-state index in [9.17, 15) is 4.79 Å². The van der Waals surface area contributed by atoms with Crippen LogP contribution < -0.4 is 5.32 Å². The first-order valence-electron chi connectivity index (χ1n) is 10.4. The van der Waals surface area contributed by atoms with Crippen LogP contribution >= 0.6 is 11.6 Å². The van der Waals surface area contributed by atoms with Gasteiger partial charge in [-0.05, 0) is 83.2 Å². The molecule has 160 valence electrons. The predicted molar refractivity (Wildman–Crippen MR) is 123 cm³/mol. The second kappa shape index (κ2) is 8.76. The smallest absolute Gasteiger partial charge is 0.220 e. The lowest BCUT2D eigenvalue weighted by molar-refractivity contribution is -0.121. The molecule has 0 bridgehead atoms. The minimum atomic E-state index is -0.135. The SMILES string of the molecule is Cc1nc2c(c(C)nn2C(C)(C)C)c(C)c1CCC(=O)NCCc1ccc(Cl)cc1. The summed E-state index contributed by atoms with van der Waals surface area (Å²) in [5.74, 6) is 0.0602. The van der Waals surface area contributed by atoms with Gasteiger partial charge in [0.15, 0.2) is 5.65 Å². The highest BCUT2D eigenvalue weighted by molar-refractivity contribution is 6.30. The molecule has 3 rings (SSSR count). The van der Waals surface area contributed by atoms with Crippen molar-refractivity contribution in [3.05, 3.63) is 57.4 Å². The van der Waals surface area contributed by atoms with Crippen molar-refractivity contribution in [2.24, 2.45) is 0 Å². The van der Waals surface area contributed by atoms with Crippen molar-refractivity contribution in [1.29, 1.82) is 0 Å². The highest BCUT2D eigenvalue weighted by atomic mass is 35.5. The highest BCUT2D eigenvalue weighted by Gasteiger charge is 2.23. The second-order valence-electron chi connectivity index (χ2n) is 8.89. The van der Waals surface area contributed by atoms with E-state index in [2.05, 4.69) is 33.0 Å². The third kappa shape index (κ3) is 4.84. The molecule has 0 aliphatic carbocycles. The number of hydrogen-bond donors (Lipinski definition) is 1. The number of nitrogens with zero attached hydrogens (tertiary/aromatic N) is 3. The van der Waals surface area contributed by atoms with Crippen molar-refractivity contribution in [2.75, 3.05) is 6.54 Å². The second-order valence-corrected chi connectivity index (χ2v) is 9.33. The maximum atomic E-state index is 12.4. The largest absolute Gasteiger partial charge is 0.356 e. The van der Waals surface area contributed by atoms with E-state index in [1.165, 1.54) is 5.56 Å². The van der Waals surface area contributed by atoms with E-state index in [1.54, 1.807) is 0 Å². The summed E-state index contributed by atoms with van der Waals surface area (Å²) < 4.78 is 2.00. The number of benzene rings is 1. The Kier molecular flexibility index (Phi) is 6.51. The average Bonchev–Trinajstić information content (AvgIpc) is 3.00. The van der Waals surface area contributed by atoms with Crippen LogP contribution in [0.25, 0.3) is 11.0 Å². The van der Waals surface area contributed by atoms with Crippen LogP contribution in [0.2, 0.25) is 5.02 Å². The van der Waals surface area contributed by atoms with Crippen molar-refractivity contribution in [3.63, 3.8) is 0 Å². The number of pyridine rings is 1. The predicted octanol–water partition coefficient (Wildman–Crippen LogP) is 5.06. The zero-order valence-corrected chi connectivity index (χ0v) is 19.5. The molecule has 0 saturated carbocycles. The molecule has 0 aliphatic rings. The van der Waals surface area contributed by atoms with Crippen LogP contribution in [0.5, 0.6) is 0 Å². The van der Waals surface area contributed by atoms with Gasteiger partial charge in [-0.2, -0.15) is 5.10 Å². The van der Waals surface area contributed by atoms with Crippen LogP contribution in [0.3, 0.4) is 0 Å². The lowest BCUT2D eigenvalue weighted by atomic mass is 9.99. The fourth-order valence-electron chi connectivity index (χ4n) is 3.87. The normalized spacial score (nSPS) is 11.8. The van der Waals surface area contributed by atoms with Crippen LogP contribution in [0, 0.1) is 20.8 Å². The Balaban J connectivity index is 1.67. The summed E-state index contributed by atoms with van der Waals surface area (Å²) in [4.78, 5) is 17.2. The van der Waals surface area contributed by atoms with Crippen LogP contribution in [0.15, 0.2) is 24.3 Å². The first-order chi connectivity index (χ1) is 14.1. The van der Waals surface area contributed by atoms with Gasteiger partial charge in [0.2, 0.25) is 5.91 Å². The number of fused-ring (bicyclic) bond motifs is 1. The number of halogens is 1. The molecule has 0 atom stereocenters. The Hall–Kier alpha value is -2.40. The molecule has 0 saturated heterocycles. The summed E-state index contributed by atoms with van der Waals surface area (Å²) >= 11 is 5.91. The Bertz CT molecular complexity index is 1060. The number of carbonyl (C=O) groups excluding carboxylic acids is 1. The van der Waals surface area contributed by atoms with Crippen molar-refractivity contribution in [3.8, 4) is 0 Å². The molecule has 0 unspecified atom stereocenters. The van der Waals surface area contributed by atoms with E-state index >= 15 is 0 Å². The van der Waals surface area contributed by atoms with Crippen LogP contribution in [-0.2, 0) is 23.2 Å². The molecule has 0 spiro atoms. The third-order valence-electron chi connectivity index (χ3n) is 5.46. The lowest BCUT2D eigenvalue weighted by Crippen LogP contribution is -2.26. The zero-order chi connectivity index (χ0) is 22.1. The Morgan fingerprint density at radius 2 is 1.73 bits per heavy atom. The van der Waals surface area contributed by atoms with Crippen LogP contribution in [-0.4, -0.2) is 27.2 Å². The average molecular weight is 427 g/mol. The van der Waals surface area contributed by atoms with E-state index in [1.807, 2.05) is 42.8 Å². The summed E-state index contributed by atoms with van der Waals surface area (Å²) in [7, 11) is 0. The lowest BCUT2D eigenvalue weighted by Gasteiger charge is -2.20. The monoisotopic (exact) mass is 426 g/mol. The number of aryl methyl sites for hydroxylation is 3. The van der Waals surface area contributed by atoms with E-state index in [0.717, 1.165) is 45.0 Å². The zero-order valence-electron chi connectivity index (χ0n) is 18.8. The molecule has 30 heavy (non-hydrogen) atoms. The third-order valence-corrected chi connectivity index (χ3v) is 5.71. The summed E-state index contributed by atoms with van der Waals surface area (Å²) in [6.45, 7) is 13.2. The fourth-order valence-corrected chi connectivity index (χ4v) is 3.99. The summed E-state index contributed by atoms with van der Waals surface area (Å²) in [5, 5.41) is 9.59. The van der Waals surface area contributed by atoms with Crippen molar-refractivity contribution < 1.29 is 4.79 Å². The first-order valence-corrected chi connectivity index (χ1v) is 10.8. The van der Waals surface area contributed by atoms with Crippen molar-refractivity contribution >= 4 is 28.5 Å². The molecule has 0 radical (unpaired) electrons. The van der Waals surface area contributed by atoms with E-state index in [-0.39, 0.29) is 11.4 Å². The van der Waals surface area contributed by atoms with Crippen molar-refractivity contribution in [2.45, 2.75) is 66.3 Å².